The molecule has 0 saturated heterocycles. The van der Waals surface area contributed by atoms with Crippen LogP contribution in [0.1, 0.15) is 18.1 Å². The molecule has 0 unspecified atom stereocenters. The molecule has 108 valence electrons. The van der Waals surface area contributed by atoms with E-state index in [0.717, 1.165) is 12.0 Å². The van der Waals surface area contributed by atoms with Gasteiger partial charge in [-0.25, -0.2) is 0 Å². The van der Waals surface area contributed by atoms with E-state index in [-0.39, 0.29) is 18.4 Å². The highest BCUT2D eigenvalue weighted by molar-refractivity contribution is 7.87. The first-order valence-corrected chi connectivity index (χ1v) is 7.51. The van der Waals surface area contributed by atoms with Crippen LogP contribution in [0, 0.1) is 0 Å². The molecule has 1 aromatic carbocycles. The van der Waals surface area contributed by atoms with Crippen molar-refractivity contribution in [1.82, 2.24) is 9.03 Å². The molecule has 1 aliphatic rings. The maximum atomic E-state index is 12.1. The van der Waals surface area contributed by atoms with Gasteiger partial charge >= 0.3 is 0 Å². The summed E-state index contributed by atoms with van der Waals surface area (Å²) in [6.07, 6.45) is 0.758. The van der Waals surface area contributed by atoms with Gasteiger partial charge in [-0.05, 0) is 24.5 Å². The second kappa shape index (κ2) is 6.67. The highest BCUT2D eigenvalue weighted by atomic mass is 35.5. The van der Waals surface area contributed by atoms with Gasteiger partial charge in [0.25, 0.3) is 10.2 Å². The van der Waals surface area contributed by atoms with E-state index in [1.807, 2.05) is 18.2 Å². The van der Waals surface area contributed by atoms with Gasteiger partial charge in [-0.1, -0.05) is 24.3 Å². The summed E-state index contributed by atoms with van der Waals surface area (Å²) in [5.41, 5.74) is 7.75. The molecule has 1 atom stereocenters. The van der Waals surface area contributed by atoms with E-state index in [4.69, 9.17) is 5.73 Å². The van der Waals surface area contributed by atoms with Crippen LogP contribution >= 0.6 is 12.4 Å². The number of benzene rings is 1. The highest BCUT2D eigenvalue weighted by Gasteiger charge is 2.27. The lowest BCUT2D eigenvalue weighted by atomic mass is 10.0. The first kappa shape index (κ1) is 16.4. The maximum absolute atomic E-state index is 12.1. The average molecular weight is 306 g/mol. The molecular formula is C12H20ClN3O2S. The molecule has 0 aliphatic carbocycles. The number of hydrogen-bond donors (Lipinski definition) is 2. The number of halogens is 1. The molecule has 0 bridgehead atoms. The molecular weight excluding hydrogens is 286 g/mol. The van der Waals surface area contributed by atoms with E-state index >= 15 is 0 Å². The zero-order chi connectivity index (χ0) is 13.2. The average Bonchev–Trinajstić information content (AvgIpc) is 2.37. The SMILES string of the molecule is C[C@H](CN)NS(=O)(=O)N1CCc2ccccc2C1.Cl. The van der Waals surface area contributed by atoms with Crippen molar-refractivity contribution in [3.8, 4) is 0 Å². The van der Waals surface area contributed by atoms with E-state index in [1.54, 1.807) is 6.92 Å². The summed E-state index contributed by atoms with van der Waals surface area (Å²) in [6, 6.07) is 7.70. The van der Waals surface area contributed by atoms with Gasteiger partial charge in [0, 0.05) is 25.7 Å². The molecule has 1 heterocycles. The van der Waals surface area contributed by atoms with Gasteiger partial charge in [-0.2, -0.15) is 17.4 Å². The van der Waals surface area contributed by atoms with Gasteiger partial charge in [0.05, 0.1) is 0 Å². The first-order chi connectivity index (χ1) is 8.53. The molecule has 3 N–H and O–H groups in total. The van der Waals surface area contributed by atoms with Gasteiger partial charge < -0.3 is 5.73 Å². The minimum Gasteiger partial charge on any atom is -0.329 e. The third kappa shape index (κ3) is 3.90. The Kier molecular flexibility index (Phi) is 5.76. The molecule has 0 amide bonds. The van der Waals surface area contributed by atoms with Crippen molar-refractivity contribution in [1.29, 1.82) is 0 Å². The molecule has 5 nitrogen and oxygen atoms in total. The Bertz CT molecular complexity index is 521. The molecule has 7 heteroatoms. The van der Waals surface area contributed by atoms with Gasteiger partial charge in [0.2, 0.25) is 0 Å². The third-order valence-corrected chi connectivity index (χ3v) is 4.83. The molecule has 0 radical (unpaired) electrons. The van der Waals surface area contributed by atoms with Crippen LogP contribution < -0.4 is 10.5 Å². The molecule has 0 aromatic heterocycles. The third-order valence-electron chi connectivity index (χ3n) is 3.14. The lowest BCUT2D eigenvalue weighted by molar-refractivity contribution is 0.380. The molecule has 1 aliphatic heterocycles. The first-order valence-electron chi connectivity index (χ1n) is 6.07. The lowest BCUT2D eigenvalue weighted by Gasteiger charge is -2.29. The molecule has 19 heavy (non-hydrogen) atoms. The summed E-state index contributed by atoms with van der Waals surface area (Å²) >= 11 is 0. The molecule has 0 spiro atoms. The fourth-order valence-corrected chi connectivity index (χ4v) is 3.45. The largest absolute Gasteiger partial charge is 0.329 e. The zero-order valence-electron chi connectivity index (χ0n) is 10.9. The Morgan fingerprint density at radius 1 is 1.37 bits per heavy atom. The smallest absolute Gasteiger partial charge is 0.280 e. The topological polar surface area (TPSA) is 75.4 Å². The van der Waals surface area contributed by atoms with Crippen molar-refractivity contribution in [2.45, 2.75) is 25.9 Å². The summed E-state index contributed by atoms with van der Waals surface area (Å²) < 4.78 is 28.3. The number of nitrogens with zero attached hydrogens (tertiary/aromatic N) is 1. The fraction of sp³-hybridized carbons (Fsp3) is 0.500. The Morgan fingerprint density at radius 3 is 2.63 bits per heavy atom. The van der Waals surface area contributed by atoms with Crippen molar-refractivity contribution < 1.29 is 8.42 Å². The Labute approximate surface area is 120 Å². The van der Waals surface area contributed by atoms with Crippen LogP contribution in [0.4, 0.5) is 0 Å². The van der Waals surface area contributed by atoms with E-state index in [2.05, 4.69) is 10.8 Å². The zero-order valence-corrected chi connectivity index (χ0v) is 12.5. The van der Waals surface area contributed by atoms with Crippen molar-refractivity contribution in [3.05, 3.63) is 35.4 Å². The number of nitrogens with two attached hydrogens (primary N) is 1. The molecule has 2 rings (SSSR count). The second-order valence-electron chi connectivity index (χ2n) is 4.61. The van der Waals surface area contributed by atoms with Gasteiger partial charge in [-0.15, -0.1) is 12.4 Å². The normalized spacial score (nSPS) is 17.4. The van der Waals surface area contributed by atoms with E-state index in [1.165, 1.54) is 9.87 Å². The Balaban J connectivity index is 0.00000180. The number of fused-ring (bicyclic) bond motifs is 1. The van der Waals surface area contributed by atoms with Crippen LogP contribution in [0.15, 0.2) is 24.3 Å². The number of hydrogen-bond acceptors (Lipinski definition) is 3. The molecule has 0 saturated carbocycles. The predicted octanol–water partition coefficient (Wildman–Crippen LogP) is 0.648. The minimum absolute atomic E-state index is 0. The van der Waals surface area contributed by atoms with Crippen LogP contribution in [0.3, 0.4) is 0 Å². The standard InChI is InChI=1S/C12H19N3O2S.ClH/c1-10(8-13)14-18(16,17)15-7-6-11-4-2-3-5-12(11)9-15;/h2-5,10,14H,6-9,13H2,1H3;1H/t10-;/m1./s1. The van der Waals surface area contributed by atoms with Crippen LogP contribution in [-0.2, 0) is 23.2 Å². The summed E-state index contributed by atoms with van der Waals surface area (Å²) in [6.45, 7) is 3.01. The second-order valence-corrected chi connectivity index (χ2v) is 6.31. The summed E-state index contributed by atoms with van der Waals surface area (Å²) in [5.74, 6) is 0. The van der Waals surface area contributed by atoms with E-state index < -0.39 is 10.2 Å². The fourth-order valence-electron chi connectivity index (χ4n) is 2.05. The lowest BCUT2D eigenvalue weighted by Crippen LogP contribution is -2.48. The van der Waals surface area contributed by atoms with Crippen LogP contribution in [0.2, 0.25) is 0 Å². The van der Waals surface area contributed by atoms with Crippen LogP contribution in [0.5, 0.6) is 0 Å². The summed E-state index contributed by atoms with van der Waals surface area (Å²) in [4.78, 5) is 0. The maximum Gasteiger partial charge on any atom is 0.280 e. The minimum atomic E-state index is -3.43. The van der Waals surface area contributed by atoms with Crippen LogP contribution in [-0.4, -0.2) is 31.9 Å². The van der Waals surface area contributed by atoms with Crippen molar-refractivity contribution >= 4 is 22.6 Å². The van der Waals surface area contributed by atoms with Gasteiger partial charge in [0.15, 0.2) is 0 Å². The van der Waals surface area contributed by atoms with Crippen molar-refractivity contribution in [3.63, 3.8) is 0 Å². The summed E-state index contributed by atoms with van der Waals surface area (Å²) in [7, 11) is -3.43. The molecule has 1 aromatic rings. The van der Waals surface area contributed by atoms with Crippen molar-refractivity contribution in [2.24, 2.45) is 5.73 Å². The van der Waals surface area contributed by atoms with Crippen LogP contribution in [0.25, 0.3) is 0 Å². The Morgan fingerprint density at radius 2 is 2.00 bits per heavy atom. The van der Waals surface area contributed by atoms with Gasteiger partial charge in [-0.3, -0.25) is 0 Å². The highest BCUT2D eigenvalue weighted by Crippen LogP contribution is 2.20. The quantitative estimate of drug-likeness (QED) is 0.857. The molecule has 0 fully saturated rings. The summed E-state index contributed by atoms with van der Waals surface area (Å²) in [5, 5.41) is 0. The number of rotatable bonds is 4. The number of nitrogens with one attached hydrogen (secondary N) is 1. The monoisotopic (exact) mass is 305 g/mol. The van der Waals surface area contributed by atoms with Gasteiger partial charge in [0.1, 0.15) is 0 Å². The van der Waals surface area contributed by atoms with E-state index in [9.17, 15) is 8.42 Å². The predicted molar refractivity (Wildman–Crippen MR) is 78.4 cm³/mol. The van der Waals surface area contributed by atoms with E-state index in [0.29, 0.717) is 19.6 Å². The Hall–Kier alpha value is -0.660. The van der Waals surface area contributed by atoms with Crippen molar-refractivity contribution in [2.75, 3.05) is 13.1 Å².